The zero-order chi connectivity index (χ0) is 12.6. The number of ether oxygens (including phenoxy) is 1. The first-order valence-electron chi connectivity index (χ1n) is 6.85. The molecule has 0 bridgehead atoms. The molecule has 18 heavy (non-hydrogen) atoms. The lowest BCUT2D eigenvalue weighted by atomic mass is 10.0. The van der Waals surface area contributed by atoms with Gasteiger partial charge in [-0.3, -0.25) is 9.78 Å². The van der Waals surface area contributed by atoms with Crippen LogP contribution in [0.3, 0.4) is 0 Å². The molecular weight excluding hydrogens is 226 g/mol. The van der Waals surface area contributed by atoms with E-state index in [0.29, 0.717) is 19.0 Å². The number of hydrogen-bond acceptors (Lipinski definition) is 3. The summed E-state index contributed by atoms with van der Waals surface area (Å²) in [4.78, 5) is 15.7. The first kappa shape index (κ1) is 13.2. The molecular formula is C15H21NO2. The summed E-state index contributed by atoms with van der Waals surface area (Å²) in [5.41, 5.74) is 1.27. The van der Waals surface area contributed by atoms with Gasteiger partial charge < -0.3 is 4.74 Å². The molecule has 0 spiro atoms. The second-order valence-electron chi connectivity index (χ2n) is 4.96. The second kappa shape index (κ2) is 7.27. The quantitative estimate of drug-likeness (QED) is 0.695. The number of nitrogens with zero attached hydrogens (tertiary/aromatic N) is 1. The molecule has 3 heteroatoms. The van der Waals surface area contributed by atoms with Crippen LogP contribution < -0.4 is 0 Å². The van der Waals surface area contributed by atoms with Crippen LogP contribution in [0.2, 0.25) is 0 Å². The van der Waals surface area contributed by atoms with Crippen molar-refractivity contribution in [2.24, 2.45) is 5.92 Å². The minimum atomic E-state index is 0.283. The molecule has 1 aliphatic carbocycles. The van der Waals surface area contributed by atoms with E-state index < -0.39 is 0 Å². The summed E-state index contributed by atoms with van der Waals surface area (Å²) in [7, 11) is 0. The number of ketones is 1. The van der Waals surface area contributed by atoms with Gasteiger partial charge in [-0.15, -0.1) is 0 Å². The molecule has 0 aliphatic heterocycles. The molecule has 1 fully saturated rings. The van der Waals surface area contributed by atoms with E-state index in [1.807, 2.05) is 12.1 Å². The minimum absolute atomic E-state index is 0.283. The van der Waals surface area contributed by atoms with Gasteiger partial charge in [0.1, 0.15) is 6.61 Å². The zero-order valence-electron chi connectivity index (χ0n) is 10.8. The second-order valence-corrected chi connectivity index (χ2v) is 4.96. The van der Waals surface area contributed by atoms with Gasteiger partial charge in [0.15, 0.2) is 5.78 Å². The van der Waals surface area contributed by atoms with Crippen LogP contribution >= 0.6 is 0 Å². The molecule has 1 aromatic rings. The number of hydrogen-bond donors (Lipinski definition) is 0. The summed E-state index contributed by atoms with van der Waals surface area (Å²) in [6, 6.07) is 4.04. The van der Waals surface area contributed by atoms with Gasteiger partial charge in [-0.25, -0.2) is 0 Å². The fraction of sp³-hybridized carbons (Fsp3) is 0.600. The van der Waals surface area contributed by atoms with Crippen molar-refractivity contribution in [2.75, 3.05) is 13.2 Å². The smallest absolute Gasteiger partial charge is 0.161 e. The molecule has 0 unspecified atom stereocenters. The van der Waals surface area contributed by atoms with Crippen LogP contribution in [0.4, 0.5) is 0 Å². The Morgan fingerprint density at radius 3 is 2.72 bits per heavy atom. The van der Waals surface area contributed by atoms with E-state index >= 15 is 0 Å². The van der Waals surface area contributed by atoms with E-state index in [4.69, 9.17) is 4.74 Å². The summed E-state index contributed by atoms with van der Waals surface area (Å²) < 4.78 is 5.46. The largest absolute Gasteiger partial charge is 0.374 e. The van der Waals surface area contributed by atoms with Crippen LogP contribution in [0.25, 0.3) is 0 Å². The number of rotatable bonds is 7. The predicted molar refractivity (Wildman–Crippen MR) is 70.3 cm³/mol. The maximum atomic E-state index is 11.7. The average molecular weight is 247 g/mol. The van der Waals surface area contributed by atoms with Crippen LogP contribution in [-0.2, 0) is 16.0 Å². The van der Waals surface area contributed by atoms with Crippen LogP contribution in [0.15, 0.2) is 24.5 Å². The Morgan fingerprint density at radius 1 is 1.28 bits per heavy atom. The molecule has 1 saturated carbocycles. The highest BCUT2D eigenvalue weighted by molar-refractivity contribution is 5.82. The van der Waals surface area contributed by atoms with Crippen molar-refractivity contribution in [3.63, 3.8) is 0 Å². The highest BCUT2D eigenvalue weighted by Crippen LogP contribution is 2.25. The molecule has 0 N–H and O–H groups in total. The summed E-state index contributed by atoms with van der Waals surface area (Å²) >= 11 is 0. The Morgan fingerprint density at radius 2 is 2.00 bits per heavy atom. The lowest BCUT2D eigenvalue weighted by molar-refractivity contribution is -0.127. The highest BCUT2D eigenvalue weighted by atomic mass is 16.5. The third-order valence-electron chi connectivity index (χ3n) is 3.56. The van der Waals surface area contributed by atoms with Gasteiger partial charge >= 0.3 is 0 Å². The number of Topliss-reactive ketones (excluding diaryl/α,β-unsaturated/α-hetero) is 1. The van der Waals surface area contributed by atoms with Crippen molar-refractivity contribution in [3.8, 4) is 0 Å². The third-order valence-corrected chi connectivity index (χ3v) is 3.56. The van der Waals surface area contributed by atoms with E-state index in [1.165, 1.54) is 18.4 Å². The zero-order valence-corrected chi connectivity index (χ0v) is 10.8. The number of pyridine rings is 1. The lowest BCUT2D eigenvalue weighted by Crippen LogP contribution is -2.17. The first-order valence-corrected chi connectivity index (χ1v) is 6.85. The normalized spacial score (nSPS) is 16.0. The molecule has 1 heterocycles. The van der Waals surface area contributed by atoms with Crippen molar-refractivity contribution in [3.05, 3.63) is 30.1 Å². The Hall–Kier alpha value is -1.22. The van der Waals surface area contributed by atoms with Gasteiger partial charge in [0.2, 0.25) is 0 Å². The van der Waals surface area contributed by atoms with Crippen molar-refractivity contribution < 1.29 is 9.53 Å². The molecule has 0 radical (unpaired) electrons. The summed E-state index contributed by atoms with van der Waals surface area (Å²) in [6.45, 7) is 0.974. The molecule has 0 saturated heterocycles. The SMILES string of the molecule is O=C(COCCCc1ccncc1)C1CCCC1. The number of aromatic nitrogens is 1. The summed E-state index contributed by atoms with van der Waals surface area (Å²) in [6.07, 6.45) is 10.1. The van der Waals surface area contributed by atoms with Crippen molar-refractivity contribution in [1.29, 1.82) is 0 Å². The fourth-order valence-corrected chi connectivity index (χ4v) is 2.47. The van der Waals surface area contributed by atoms with Crippen molar-refractivity contribution >= 4 is 5.78 Å². The number of carbonyl (C=O) groups excluding carboxylic acids is 1. The number of aryl methyl sites for hydroxylation is 1. The van der Waals surface area contributed by atoms with Crippen LogP contribution in [-0.4, -0.2) is 24.0 Å². The summed E-state index contributed by atoms with van der Waals surface area (Å²) in [5.74, 6) is 0.585. The average Bonchev–Trinajstić information content (AvgIpc) is 2.93. The molecule has 98 valence electrons. The number of carbonyl (C=O) groups is 1. The van der Waals surface area contributed by atoms with E-state index in [2.05, 4.69) is 4.98 Å². The first-order chi connectivity index (χ1) is 8.86. The molecule has 3 nitrogen and oxygen atoms in total. The maximum absolute atomic E-state index is 11.7. The van der Waals surface area contributed by atoms with Gasteiger partial charge in [0, 0.05) is 24.9 Å². The van der Waals surface area contributed by atoms with Gasteiger partial charge in [0.25, 0.3) is 0 Å². The van der Waals surface area contributed by atoms with Crippen LogP contribution in [0.5, 0.6) is 0 Å². The molecule has 0 amide bonds. The van der Waals surface area contributed by atoms with Gasteiger partial charge in [-0.2, -0.15) is 0 Å². The molecule has 0 atom stereocenters. The Bertz CT molecular complexity index is 358. The fourth-order valence-electron chi connectivity index (χ4n) is 2.47. The Balaban J connectivity index is 1.54. The van der Waals surface area contributed by atoms with Crippen LogP contribution in [0, 0.1) is 5.92 Å². The maximum Gasteiger partial charge on any atom is 0.161 e. The molecule has 1 aromatic heterocycles. The topological polar surface area (TPSA) is 39.2 Å². The van der Waals surface area contributed by atoms with Crippen LogP contribution in [0.1, 0.15) is 37.7 Å². The molecule has 1 aliphatic rings. The van der Waals surface area contributed by atoms with E-state index in [0.717, 1.165) is 25.7 Å². The third kappa shape index (κ3) is 4.22. The van der Waals surface area contributed by atoms with Crippen molar-refractivity contribution in [1.82, 2.24) is 4.98 Å². The standard InChI is InChI=1S/C15H21NO2/c17-15(14-5-1-2-6-14)12-18-11-3-4-13-7-9-16-10-8-13/h7-10,14H,1-6,11-12H2. The Kier molecular flexibility index (Phi) is 5.34. The monoisotopic (exact) mass is 247 g/mol. The highest BCUT2D eigenvalue weighted by Gasteiger charge is 2.22. The van der Waals surface area contributed by atoms with E-state index in [1.54, 1.807) is 12.4 Å². The van der Waals surface area contributed by atoms with E-state index in [9.17, 15) is 4.79 Å². The predicted octanol–water partition coefficient (Wildman–Crippen LogP) is 2.79. The Labute approximate surface area is 109 Å². The lowest BCUT2D eigenvalue weighted by Gasteiger charge is -2.08. The summed E-state index contributed by atoms with van der Waals surface area (Å²) in [5, 5.41) is 0. The van der Waals surface area contributed by atoms with Crippen molar-refractivity contribution in [2.45, 2.75) is 38.5 Å². The van der Waals surface area contributed by atoms with E-state index in [-0.39, 0.29) is 5.92 Å². The molecule has 0 aromatic carbocycles. The van der Waals surface area contributed by atoms with Gasteiger partial charge in [0.05, 0.1) is 0 Å². The van der Waals surface area contributed by atoms with Gasteiger partial charge in [-0.1, -0.05) is 12.8 Å². The molecule has 2 rings (SSSR count). The minimum Gasteiger partial charge on any atom is -0.374 e. The van der Waals surface area contributed by atoms with Gasteiger partial charge in [-0.05, 0) is 43.4 Å².